The number of carboxylic acids is 1. The third-order valence-electron chi connectivity index (χ3n) is 5.79. The normalized spacial score (nSPS) is 11.9. The van der Waals surface area contributed by atoms with Crippen molar-refractivity contribution in [1.82, 2.24) is 9.97 Å². The molecule has 33 heavy (non-hydrogen) atoms. The molecular formula is C27H27N3O3. The quantitative estimate of drug-likeness (QED) is 0.376. The van der Waals surface area contributed by atoms with Gasteiger partial charge in [-0.15, -0.1) is 0 Å². The molecule has 1 atom stereocenters. The van der Waals surface area contributed by atoms with E-state index in [9.17, 15) is 9.90 Å². The molecule has 168 valence electrons. The van der Waals surface area contributed by atoms with Gasteiger partial charge in [0.25, 0.3) is 0 Å². The molecule has 0 aliphatic carbocycles. The maximum atomic E-state index is 11.4. The lowest BCUT2D eigenvalue weighted by atomic mass is 9.97. The Balaban J connectivity index is 1.84. The van der Waals surface area contributed by atoms with Crippen LogP contribution in [0.1, 0.15) is 45.8 Å². The van der Waals surface area contributed by atoms with E-state index in [0.717, 1.165) is 27.8 Å². The second-order valence-corrected chi connectivity index (χ2v) is 8.30. The molecule has 4 rings (SSSR count). The molecule has 0 amide bonds. The summed E-state index contributed by atoms with van der Waals surface area (Å²) in [7, 11) is 1.62. The SMILES string of the molecule is COc1cc2nc(C)nc(N[C@H](C)c3cccc(C)c3)c2cc1-c1ccc(C(=O)O)c(C)c1. The molecule has 0 radical (unpaired) electrons. The topological polar surface area (TPSA) is 84.3 Å². The number of methoxy groups -OCH3 is 1. The van der Waals surface area contributed by atoms with Crippen LogP contribution in [0, 0.1) is 20.8 Å². The first kappa shape index (κ1) is 22.3. The van der Waals surface area contributed by atoms with Crippen molar-refractivity contribution in [3.8, 4) is 16.9 Å². The molecule has 0 aliphatic rings. The van der Waals surface area contributed by atoms with Gasteiger partial charge in [-0.25, -0.2) is 14.8 Å². The molecule has 2 N–H and O–H groups in total. The summed E-state index contributed by atoms with van der Waals surface area (Å²) < 4.78 is 5.67. The number of carboxylic acid groups (broad SMARTS) is 1. The number of aromatic carboxylic acids is 1. The maximum absolute atomic E-state index is 11.4. The van der Waals surface area contributed by atoms with Crippen LogP contribution in [-0.2, 0) is 0 Å². The molecule has 1 aromatic heterocycles. The van der Waals surface area contributed by atoms with Crippen LogP contribution < -0.4 is 10.1 Å². The van der Waals surface area contributed by atoms with E-state index in [0.29, 0.717) is 17.1 Å². The summed E-state index contributed by atoms with van der Waals surface area (Å²) in [6, 6.07) is 17.6. The van der Waals surface area contributed by atoms with Gasteiger partial charge < -0.3 is 15.2 Å². The maximum Gasteiger partial charge on any atom is 0.335 e. The zero-order chi connectivity index (χ0) is 23.7. The van der Waals surface area contributed by atoms with Gasteiger partial charge in [0.15, 0.2) is 0 Å². The molecule has 0 spiro atoms. The van der Waals surface area contributed by atoms with Gasteiger partial charge >= 0.3 is 5.97 Å². The average Bonchev–Trinajstić information content (AvgIpc) is 2.77. The summed E-state index contributed by atoms with van der Waals surface area (Å²) in [5.74, 6) is 1.14. The highest BCUT2D eigenvalue weighted by molar-refractivity contribution is 5.96. The van der Waals surface area contributed by atoms with Crippen molar-refractivity contribution in [2.24, 2.45) is 0 Å². The number of aromatic nitrogens is 2. The van der Waals surface area contributed by atoms with E-state index in [4.69, 9.17) is 9.72 Å². The number of aryl methyl sites for hydroxylation is 3. The Hall–Kier alpha value is -3.93. The number of hydrogen-bond acceptors (Lipinski definition) is 5. The smallest absolute Gasteiger partial charge is 0.335 e. The van der Waals surface area contributed by atoms with Crippen molar-refractivity contribution < 1.29 is 14.6 Å². The van der Waals surface area contributed by atoms with Gasteiger partial charge in [0.2, 0.25) is 0 Å². The zero-order valence-electron chi connectivity index (χ0n) is 19.4. The molecule has 6 nitrogen and oxygen atoms in total. The molecule has 0 bridgehead atoms. The summed E-state index contributed by atoms with van der Waals surface area (Å²) in [5, 5.41) is 13.8. The molecular weight excluding hydrogens is 414 g/mol. The van der Waals surface area contributed by atoms with Crippen molar-refractivity contribution in [3.05, 3.63) is 82.7 Å². The Morgan fingerprint density at radius 1 is 1.03 bits per heavy atom. The molecule has 3 aromatic carbocycles. The minimum atomic E-state index is -0.940. The second-order valence-electron chi connectivity index (χ2n) is 8.30. The molecule has 0 fully saturated rings. The average molecular weight is 442 g/mol. The number of rotatable bonds is 6. The van der Waals surface area contributed by atoms with E-state index in [1.54, 1.807) is 26.2 Å². The molecule has 1 heterocycles. The fraction of sp³-hybridized carbons (Fsp3) is 0.222. The molecule has 0 saturated carbocycles. The minimum absolute atomic E-state index is 0.0463. The van der Waals surface area contributed by atoms with Gasteiger partial charge in [0.05, 0.1) is 18.2 Å². The summed E-state index contributed by atoms with van der Waals surface area (Å²) in [6.45, 7) is 7.85. The van der Waals surface area contributed by atoms with E-state index in [-0.39, 0.29) is 11.6 Å². The van der Waals surface area contributed by atoms with E-state index < -0.39 is 5.97 Å². The highest BCUT2D eigenvalue weighted by Gasteiger charge is 2.16. The number of nitrogens with zero attached hydrogens (tertiary/aromatic N) is 2. The van der Waals surface area contributed by atoms with Crippen molar-refractivity contribution in [2.75, 3.05) is 12.4 Å². The van der Waals surface area contributed by atoms with E-state index in [1.807, 2.05) is 25.1 Å². The van der Waals surface area contributed by atoms with Crippen LogP contribution in [0.2, 0.25) is 0 Å². The second kappa shape index (κ2) is 8.90. The van der Waals surface area contributed by atoms with Crippen LogP contribution in [0.25, 0.3) is 22.0 Å². The molecule has 4 aromatic rings. The van der Waals surface area contributed by atoms with Crippen LogP contribution >= 0.6 is 0 Å². The van der Waals surface area contributed by atoms with Crippen LogP contribution in [0.3, 0.4) is 0 Å². The number of benzene rings is 3. The summed E-state index contributed by atoms with van der Waals surface area (Å²) in [4.78, 5) is 20.7. The zero-order valence-corrected chi connectivity index (χ0v) is 19.4. The predicted molar refractivity (Wildman–Crippen MR) is 131 cm³/mol. The Morgan fingerprint density at radius 2 is 1.82 bits per heavy atom. The number of fused-ring (bicyclic) bond motifs is 1. The molecule has 0 aliphatic heterocycles. The summed E-state index contributed by atoms with van der Waals surface area (Å²) >= 11 is 0. The monoisotopic (exact) mass is 441 g/mol. The summed E-state index contributed by atoms with van der Waals surface area (Å²) in [5.41, 5.74) is 5.85. The van der Waals surface area contributed by atoms with E-state index >= 15 is 0 Å². The Morgan fingerprint density at radius 3 is 2.48 bits per heavy atom. The van der Waals surface area contributed by atoms with Crippen molar-refractivity contribution >= 4 is 22.7 Å². The highest BCUT2D eigenvalue weighted by atomic mass is 16.5. The third kappa shape index (κ3) is 4.51. The number of carbonyl (C=O) groups is 1. The largest absolute Gasteiger partial charge is 0.496 e. The van der Waals surface area contributed by atoms with Crippen molar-refractivity contribution in [1.29, 1.82) is 0 Å². The Kier molecular flexibility index (Phi) is 6.01. The lowest BCUT2D eigenvalue weighted by Gasteiger charge is -2.19. The highest BCUT2D eigenvalue weighted by Crippen LogP contribution is 2.37. The first-order valence-electron chi connectivity index (χ1n) is 10.8. The first-order chi connectivity index (χ1) is 15.8. The van der Waals surface area contributed by atoms with Crippen LogP contribution in [0.15, 0.2) is 54.6 Å². The number of ether oxygens (including phenoxy) is 1. The Labute approximate surface area is 193 Å². The molecule has 6 heteroatoms. The van der Waals surface area contributed by atoms with Gasteiger partial charge in [-0.05, 0) is 56.5 Å². The van der Waals surface area contributed by atoms with Crippen molar-refractivity contribution in [3.63, 3.8) is 0 Å². The number of nitrogens with one attached hydrogen (secondary N) is 1. The lowest BCUT2D eigenvalue weighted by molar-refractivity contribution is 0.0696. The third-order valence-corrected chi connectivity index (χ3v) is 5.79. The number of anilines is 1. The number of hydrogen-bond donors (Lipinski definition) is 2. The fourth-order valence-corrected chi connectivity index (χ4v) is 4.08. The van der Waals surface area contributed by atoms with Crippen LogP contribution in [0.4, 0.5) is 5.82 Å². The minimum Gasteiger partial charge on any atom is -0.496 e. The lowest BCUT2D eigenvalue weighted by Crippen LogP contribution is -2.10. The van der Waals surface area contributed by atoms with Gasteiger partial charge in [0, 0.05) is 23.1 Å². The van der Waals surface area contributed by atoms with Gasteiger partial charge in [0.1, 0.15) is 17.4 Å². The molecule has 0 unspecified atom stereocenters. The Bertz CT molecular complexity index is 1360. The summed E-state index contributed by atoms with van der Waals surface area (Å²) in [6.07, 6.45) is 0. The molecule has 0 saturated heterocycles. The van der Waals surface area contributed by atoms with E-state index in [2.05, 4.69) is 48.4 Å². The van der Waals surface area contributed by atoms with Gasteiger partial charge in [-0.2, -0.15) is 0 Å². The van der Waals surface area contributed by atoms with Gasteiger partial charge in [-0.3, -0.25) is 0 Å². The first-order valence-corrected chi connectivity index (χ1v) is 10.8. The van der Waals surface area contributed by atoms with Gasteiger partial charge in [-0.1, -0.05) is 42.0 Å². The fourth-order valence-electron chi connectivity index (χ4n) is 4.08. The van der Waals surface area contributed by atoms with Crippen LogP contribution in [-0.4, -0.2) is 28.2 Å². The van der Waals surface area contributed by atoms with Crippen LogP contribution in [0.5, 0.6) is 5.75 Å². The van der Waals surface area contributed by atoms with E-state index in [1.165, 1.54) is 11.1 Å². The standard InChI is InChI=1S/C27H27N3O3/c1-15-7-6-8-19(11-15)17(3)28-26-23-13-22(20-9-10-21(27(31)32)16(2)12-20)25(33-5)14-24(23)29-18(4)30-26/h6-14,17H,1-5H3,(H,31,32)(H,28,29,30)/t17-/m1/s1. The van der Waals surface area contributed by atoms with Crippen molar-refractivity contribution in [2.45, 2.75) is 33.7 Å². The predicted octanol–water partition coefficient (Wildman–Crippen LogP) is 6.10.